The highest BCUT2D eigenvalue weighted by molar-refractivity contribution is 4.95. The molecule has 0 radical (unpaired) electrons. The van der Waals surface area contributed by atoms with Crippen LogP contribution in [0.15, 0.2) is 0 Å². The summed E-state index contributed by atoms with van der Waals surface area (Å²) >= 11 is 0. The van der Waals surface area contributed by atoms with Crippen LogP contribution in [-0.2, 0) is 0 Å². The van der Waals surface area contributed by atoms with E-state index >= 15 is 0 Å². The van der Waals surface area contributed by atoms with E-state index in [0.717, 1.165) is 12.5 Å². The van der Waals surface area contributed by atoms with Gasteiger partial charge in [-0.2, -0.15) is 0 Å². The van der Waals surface area contributed by atoms with Gasteiger partial charge in [-0.3, -0.25) is 4.90 Å². The molecule has 0 bridgehead atoms. The molecular weight excluding hydrogens is 172 g/mol. The maximum atomic E-state index is 6.00. The third kappa shape index (κ3) is 2.29. The minimum Gasteiger partial charge on any atom is -0.329 e. The summed E-state index contributed by atoms with van der Waals surface area (Å²) in [7, 11) is 2.23. The van der Waals surface area contributed by atoms with Crippen molar-refractivity contribution in [2.24, 2.45) is 11.7 Å². The van der Waals surface area contributed by atoms with Gasteiger partial charge in [-0.05, 0) is 39.7 Å². The predicted octanol–water partition coefficient (Wildman–Crippen LogP) is 2.23. The van der Waals surface area contributed by atoms with Crippen molar-refractivity contribution < 1.29 is 0 Å². The molecule has 2 heteroatoms. The lowest BCUT2D eigenvalue weighted by molar-refractivity contribution is 0.0382. The Balaban J connectivity index is 2.73. The van der Waals surface area contributed by atoms with Crippen molar-refractivity contribution >= 4 is 0 Å². The summed E-state index contributed by atoms with van der Waals surface area (Å²) in [4.78, 5) is 2.49. The van der Waals surface area contributed by atoms with Crippen LogP contribution in [-0.4, -0.2) is 30.1 Å². The van der Waals surface area contributed by atoms with Gasteiger partial charge < -0.3 is 5.73 Å². The first kappa shape index (κ1) is 12.0. The van der Waals surface area contributed by atoms with Gasteiger partial charge in [-0.15, -0.1) is 0 Å². The summed E-state index contributed by atoms with van der Waals surface area (Å²) in [6.45, 7) is 7.69. The van der Waals surface area contributed by atoms with E-state index in [1.54, 1.807) is 0 Å². The van der Waals surface area contributed by atoms with E-state index < -0.39 is 0 Å². The van der Waals surface area contributed by atoms with Crippen LogP contribution in [0.3, 0.4) is 0 Å². The molecule has 0 spiro atoms. The molecule has 0 saturated heterocycles. The largest absolute Gasteiger partial charge is 0.329 e. The van der Waals surface area contributed by atoms with Gasteiger partial charge in [-0.25, -0.2) is 0 Å². The Morgan fingerprint density at radius 3 is 2.57 bits per heavy atom. The Kier molecular flexibility index (Phi) is 3.96. The lowest BCUT2D eigenvalue weighted by Crippen LogP contribution is -2.56. The highest BCUT2D eigenvalue weighted by Gasteiger charge is 2.38. The molecule has 2 nitrogen and oxygen atoms in total. The van der Waals surface area contributed by atoms with Crippen molar-refractivity contribution in [3.8, 4) is 0 Å². The van der Waals surface area contributed by atoms with Gasteiger partial charge in [0.2, 0.25) is 0 Å². The van der Waals surface area contributed by atoms with Crippen LogP contribution in [0.2, 0.25) is 0 Å². The van der Waals surface area contributed by atoms with E-state index in [9.17, 15) is 0 Å². The van der Waals surface area contributed by atoms with Crippen LogP contribution in [0.5, 0.6) is 0 Å². The van der Waals surface area contributed by atoms with Gasteiger partial charge in [0.25, 0.3) is 0 Å². The van der Waals surface area contributed by atoms with Gasteiger partial charge in [-0.1, -0.05) is 19.8 Å². The first-order valence-electron chi connectivity index (χ1n) is 5.95. The first-order chi connectivity index (χ1) is 6.52. The summed E-state index contributed by atoms with van der Waals surface area (Å²) < 4.78 is 0. The highest BCUT2D eigenvalue weighted by atomic mass is 15.2. The summed E-state index contributed by atoms with van der Waals surface area (Å²) in [5, 5.41) is 0. The molecule has 1 rings (SSSR count). The molecule has 0 aliphatic heterocycles. The Bertz CT molecular complexity index is 179. The molecular formula is C12H26N2. The van der Waals surface area contributed by atoms with Gasteiger partial charge in [0.15, 0.2) is 0 Å². The second kappa shape index (κ2) is 4.63. The Morgan fingerprint density at radius 2 is 2.14 bits per heavy atom. The molecule has 1 fully saturated rings. The third-order valence-electron chi connectivity index (χ3n) is 3.97. The standard InChI is InChI=1S/C12H26N2/c1-10(2)14(4)12(9-13)7-5-6-11(3)8-12/h10-11H,5-9,13H2,1-4H3. The van der Waals surface area contributed by atoms with Crippen LogP contribution in [0, 0.1) is 5.92 Å². The SMILES string of the molecule is CC1CCCC(CN)(N(C)C(C)C)C1. The number of nitrogens with zero attached hydrogens (tertiary/aromatic N) is 1. The number of likely N-dealkylation sites (N-methyl/N-ethyl adjacent to an activating group) is 1. The third-order valence-corrected chi connectivity index (χ3v) is 3.97. The molecule has 0 aromatic rings. The second-order valence-corrected chi connectivity index (χ2v) is 5.33. The van der Waals surface area contributed by atoms with Gasteiger partial charge in [0.05, 0.1) is 0 Å². The monoisotopic (exact) mass is 198 g/mol. The van der Waals surface area contributed by atoms with E-state index in [2.05, 4.69) is 32.7 Å². The minimum atomic E-state index is 0.284. The van der Waals surface area contributed by atoms with E-state index in [1.807, 2.05) is 0 Å². The van der Waals surface area contributed by atoms with E-state index in [1.165, 1.54) is 25.7 Å². The molecule has 2 unspecified atom stereocenters. The molecule has 2 atom stereocenters. The van der Waals surface area contributed by atoms with Crippen molar-refractivity contribution in [1.29, 1.82) is 0 Å². The Labute approximate surface area is 88.8 Å². The number of nitrogens with two attached hydrogens (primary N) is 1. The fourth-order valence-corrected chi connectivity index (χ4v) is 2.83. The molecule has 84 valence electrons. The minimum absolute atomic E-state index is 0.284. The van der Waals surface area contributed by atoms with Gasteiger partial charge in [0.1, 0.15) is 0 Å². The van der Waals surface area contributed by atoms with E-state index in [4.69, 9.17) is 5.73 Å². The Morgan fingerprint density at radius 1 is 1.50 bits per heavy atom. The van der Waals surface area contributed by atoms with Crippen molar-refractivity contribution in [2.75, 3.05) is 13.6 Å². The highest BCUT2D eigenvalue weighted by Crippen LogP contribution is 2.36. The smallest absolute Gasteiger partial charge is 0.0333 e. The fourth-order valence-electron chi connectivity index (χ4n) is 2.83. The number of rotatable bonds is 3. The summed E-state index contributed by atoms with van der Waals surface area (Å²) in [6, 6.07) is 0.601. The maximum absolute atomic E-state index is 6.00. The summed E-state index contributed by atoms with van der Waals surface area (Å²) in [5.74, 6) is 0.841. The average Bonchev–Trinajstić information content (AvgIpc) is 2.16. The molecule has 1 aliphatic carbocycles. The summed E-state index contributed by atoms with van der Waals surface area (Å²) in [5.41, 5.74) is 6.28. The van der Waals surface area contributed by atoms with Crippen molar-refractivity contribution in [3.05, 3.63) is 0 Å². The Hall–Kier alpha value is -0.0800. The quantitative estimate of drug-likeness (QED) is 0.753. The van der Waals surface area contributed by atoms with Crippen LogP contribution in [0.1, 0.15) is 46.5 Å². The van der Waals surface area contributed by atoms with Crippen molar-refractivity contribution in [3.63, 3.8) is 0 Å². The summed E-state index contributed by atoms with van der Waals surface area (Å²) in [6.07, 6.45) is 5.28. The molecule has 0 amide bonds. The predicted molar refractivity (Wildman–Crippen MR) is 62.3 cm³/mol. The van der Waals surface area contributed by atoms with E-state index in [-0.39, 0.29) is 5.54 Å². The normalized spacial score (nSPS) is 34.1. The van der Waals surface area contributed by atoms with Crippen LogP contribution in [0.4, 0.5) is 0 Å². The second-order valence-electron chi connectivity index (χ2n) is 5.33. The van der Waals surface area contributed by atoms with Crippen LogP contribution < -0.4 is 5.73 Å². The zero-order valence-corrected chi connectivity index (χ0v) is 10.2. The lowest BCUT2D eigenvalue weighted by atomic mass is 9.75. The maximum Gasteiger partial charge on any atom is 0.0333 e. The number of hydrogen-bond donors (Lipinski definition) is 1. The molecule has 0 aromatic carbocycles. The first-order valence-corrected chi connectivity index (χ1v) is 5.95. The van der Waals surface area contributed by atoms with Gasteiger partial charge >= 0.3 is 0 Å². The van der Waals surface area contributed by atoms with Crippen molar-refractivity contribution in [2.45, 2.75) is 58.0 Å². The van der Waals surface area contributed by atoms with Crippen LogP contribution >= 0.6 is 0 Å². The number of hydrogen-bond acceptors (Lipinski definition) is 2. The lowest BCUT2D eigenvalue weighted by Gasteiger charge is -2.48. The molecule has 1 saturated carbocycles. The molecule has 14 heavy (non-hydrogen) atoms. The van der Waals surface area contributed by atoms with Crippen molar-refractivity contribution in [1.82, 2.24) is 4.90 Å². The zero-order valence-electron chi connectivity index (χ0n) is 10.2. The molecule has 0 heterocycles. The van der Waals surface area contributed by atoms with E-state index in [0.29, 0.717) is 6.04 Å². The molecule has 2 N–H and O–H groups in total. The molecule has 0 aromatic heterocycles. The van der Waals surface area contributed by atoms with Gasteiger partial charge in [0, 0.05) is 18.1 Å². The fraction of sp³-hybridized carbons (Fsp3) is 1.00. The topological polar surface area (TPSA) is 29.3 Å². The average molecular weight is 198 g/mol. The zero-order chi connectivity index (χ0) is 10.8. The molecule has 1 aliphatic rings. The van der Waals surface area contributed by atoms with Crippen LogP contribution in [0.25, 0.3) is 0 Å².